The molecule has 2 heterocycles. The third-order valence-electron chi connectivity index (χ3n) is 6.38. The van der Waals surface area contributed by atoms with Gasteiger partial charge in [0, 0.05) is 23.1 Å². The van der Waals surface area contributed by atoms with Gasteiger partial charge in [-0.3, -0.25) is 9.69 Å². The molecule has 1 unspecified atom stereocenters. The average Bonchev–Trinajstić information content (AvgIpc) is 3.35. The van der Waals surface area contributed by atoms with Crippen LogP contribution in [0.4, 0.5) is 5.69 Å². The van der Waals surface area contributed by atoms with Gasteiger partial charge in [-0.05, 0) is 55.2 Å². The van der Waals surface area contributed by atoms with E-state index in [1.807, 2.05) is 29.3 Å². The van der Waals surface area contributed by atoms with E-state index in [4.69, 9.17) is 10.1 Å². The van der Waals surface area contributed by atoms with Gasteiger partial charge in [-0.15, -0.1) is 0 Å². The Balaban J connectivity index is 1.45. The van der Waals surface area contributed by atoms with Crippen molar-refractivity contribution in [3.63, 3.8) is 0 Å². The highest BCUT2D eigenvalue weighted by Gasteiger charge is 2.42. The first-order valence-corrected chi connectivity index (χ1v) is 13.6. The van der Waals surface area contributed by atoms with Gasteiger partial charge < -0.3 is 4.98 Å². The zero-order valence-corrected chi connectivity index (χ0v) is 19.7. The second-order valence-corrected chi connectivity index (χ2v) is 11.3. The minimum Gasteiger partial charge on any atom is -0.361 e. The summed E-state index contributed by atoms with van der Waals surface area (Å²) in [6.45, 7) is 0. The second kappa shape index (κ2) is 8.96. The van der Waals surface area contributed by atoms with Gasteiger partial charge in [-0.1, -0.05) is 49.2 Å². The molecule has 2 fully saturated rings. The molecule has 1 atom stereocenters. The average molecular weight is 483 g/mol. The van der Waals surface area contributed by atoms with E-state index in [2.05, 4.69) is 11.1 Å². The molecule has 0 radical (unpaired) electrons. The van der Waals surface area contributed by atoms with Gasteiger partial charge in [-0.2, -0.15) is 0 Å². The van der Waals surface area contributed by atoms with Crippen molar-refractivity contribution in [2.24, 2.45) is 10.1 Å². The van der Waals surface area contributed by atoms with Crippen LogP contribution in [0.5, 0.6) is 0 Å². The Kier molecular flexibility index (Phi) is 6.03. The predicted octanol–water partition coefficient (Wildman–Crippen LogP) is 4.32. The quantitative estimate of drug-likeness (QED) is 0.564. The monoisotopic (exact) mass is 482 g/mol. The molecule has 3 N–H and O–H groups in total. The number of thioether (sulfide) groups is 1. The molecule has 0 spiro atoms. The smallest absolute Gasteiger partial charge is 0.242 e. The number of primary sulfonamides is 1. The molecule has 2 aliphatic rings. The maximum absolute atomic E-state index is 13.6. The number of carbonyl (C=O) groups excluding carboxylic acids is 1. The number of hydrogen-bond donors (Lipinski definition) is 2. The molecule has 172 valence electrons. The van der Waals surface area contributed by atoms with Gasteiger partial charge in [0.2, 0.25) is 15.9 Å². The Morgan fingerprint density at radius 3 is 2.52 bits per heavy atom. The van der Waals surface area contributed by atoms with Gasteiger partial charge in [0.25, 0.3) is 0 Å². The fraction of sp³-hybridized carbons (Fsp3) is 0.333. The summed E-state index contributed by atoms with van der Waals surface area (Å²) < 4.78 is 23.1. The summed E-state index contributed by atoms with van der Waals surface area (Å²) in [6.07, 6.45) is 8.01. The van der Waals surface area contributed by atoms with Crippen molar-refractivity contribution in [2.75, 3.05) is 0 Å². The topological polar surface area (TPSA) is 109 Å². The zero-order valence-electron chi connectivity index (χ0n) is 18.1. The van der Waals surface area contributed by atoms with Crippen molar-refractivity contribution in [3.8, 4) is 0 Å². The summed E-state index contributed by atoms with van der Waals surface area (Å²) in [5, 5.41) is 6.80. The van der Waals surface area contributed by atoms with Gasteiger partial charge in [0.15, 0.2) is 5.17 Å². The van der Waals surface area contributed by atoms with Crippen molar-refractivity contribution in [1.82, 2.24) is 9.88 Å². The maximum atomic E-state index is 13.6. The lowest BCUT2D eigenvalue weighted by Gasteiger charge is -2.30. The molecule has 9 heteroatoms. The van der Waals surface area contributed by atoms with Crippen molar-refractivity contribution in [2.45, 2.75) is 54.7 Å². The van der Waals surface area contributed by atoms with Crippen molar-refractivity contribution < 1.29 is 13.2 Å². The van der Waals surface area contributed by atoms with Gasteiger partial charge in [-0.25, -0.2) is 18.5 Å². The summed E-state index contributed by atoms with van der Waals surface area (Å²) in [5.74, 6) is 0.108. The normalized spacial score (nSPS) is 21.4. The van der Waals surface area contributed by atoms with E-state index < -0.39 is 10.0 Å². The van der Waals surface area contributed by atoms with Crippen molar-refractivity contribution >= 4 is 49.5 Å². The van der Waals surface area contributed by atoms with Crippen LogP contribution in [0.25, 0.3) is 10.9 Å². The molecule has 1 aliphatic carbocycles. The number of aromatic nitrogens is 1. The first-order valence-electron chi connectivity index (χ1n) is 11.2. The molecular weight excluding hydrogens is 456 g/mol. The fourth-order valence-corrected chi connectivity index (χ4v) is 6.45. The highest BCUT2D eigenvalue weighted by molar-refractivity contribution is 8.15. The molecule has 2 aromatic carbocycles. The van der Waals surface area contributed by atoms with Gasteiger partial charge >= 0.3 is 0 Å². The minimum atomic E-state index is -3.76. The van der Waals surface area contributed by atoms with E-state index in [0.717, 1.165) is 42.1 Å². The number of sulfonamides is 1. The summed E-state index contributed by atoms with van der Waals surface area (Å²) >= 11 is 1.50. The number of benzene rings is 2. The van der Waals surface area contributed by atoms with E-state index in [1.54, 1.807) is 12.1 Å². The fourth-order valence-electron chi connectivity index (χ4n) is 4.69. The number of fused-ring (bicyclic) bond motifs is 1. The number of aromatic amines is 1. The molecule has 33 heavy (non-hydrogen) atoms. The summed E-state index contributed by atoms with van der Waals surface area (Å²) in [4.78, 5) is 23.6. The zero-order chi connectivity index (χ0) is 23.0. The summed E-state index contributed by atoms with van der Waals surface area (Å²) in [7, 11) is -3.76. The molecule has 1 aromatic heterocycles. The Bertz CT molecular complexity index is 1310. The van der Waals surface area contributed by atoms with E-state index >= 15 is 0 Å². The highest BCUT2D eigenvalue weighted by Crippen LogP contribution is 2.37. The molecule has 5 rings (SSSR count). The minimum absolute atomic E-state index is 0.0444. The van der Waals surface area contributed by atoms with E-state index in [0.29, 0.717) is 17.3 Å². The lowest BCUT2D eigenvalue weighted by molar-refractivity contribution is -0.128. The van der Waals surface area contributed by atoms with Crippen LogP contribution >= 0.6 is 11.8 Å². The molecule has 1 saturated carbocycles. The van der Waals surface area contributed by atoms with Crippen LogP contribution < -0.4 is 5.14 Å². The number of nitrogens with zero attached hydrogens (tertiary/aromatic N) is 2. The molecule has 0 bridgehead atoms. The van der Waals surface area contributed by atoms with Crippen LogP contribution in [0.1, 0.15) is 37.7 Å². The first kappa shape index (κ1) is 22.2. The highest BCUT2D eigenvalue weighted by atomic mass is 32.2. The van der Waals surface area contributed by atoms with Crippen LogP contribution in [-0.4, -0.2) is 40.7 Å². The number of rotatable bonds is 5. The van der Waals surface area contributed by atoms with Crippen molar-refractivity contribution in [1.29, 1.82) is 0 Å². The maximum Gasteiger partial charge on any atom is 0.242 e. The third kappa shape index (κ3) is 4.58. The Morgan fingerprint density at radius 2 is 1.79 bits per heavy atom. The number of carbonyl (C=O) groups is 1. The molecule has 1 aliphatic heterocycles. The molecule has 7 nitrogen and oxygen atoms in total. The number of nitrogens with two attached hydrogens (primary N) is 1. The SMILES string of the molecule is NS(=O)(=O)c1ccc(N=C2SC(Cc3c[nH]c4ccccc34)C(=O)N2C2CCCCC2)cc1. The summed E-state index contributed by atoms with van der Waals surface area (Å²) in [6, 6.07) is 14.4. The Labute approximate surface area is 197 Å². The number of H-pyrrole nitrogens is 1. The lowest BCUT2D eigenvalue weighted by Crippen LogP contribution is -2.42. The number of amidine groups is 1. The van der Waals surface area contributed by atoms with E-state index in [9.17, 15) is 13.2 Å². The van der Waals surface area contributed by atoms with Gasteiger partial charge in [0.1, 0.15) is 0 Å². The molecule has 3 aromatic rings. The van der Waals surface area contributed by atoms with Gasteiger partial charge in [0.05, 0.1) is 15.8 Å². The third-order valence-corrected chi connectivity index (χ3v) is 8.46. The number of aliphatic imine (C=N–C) groups is 1. The van der Waals surface area contributed by atoms with Crippen LogP contribution in [0.3, 0.4) is 0 Å². The van der Waals surface area contributed by atoms with E-state index in [-0.39, 0.29) is 22.1 Å². The van der Waals surface area contributed by atoms with Crippen LogP contribution in [0, 0.1) is 0 Å². The van der Waals surface area contributed by atoms with Crippen molar-refractivity contribution in [3.05, 3.63) is 60.3 Å². The molecule has 1 amide bonds. The number of amides is 1. The second-order valence-electron chi connectivity index (χ2n) is 8.60. The lowest BCUT2D eigenvalue weighted by atomic mass is 9.94. The van der Waals surface area contributed by atoms with Crippen LogP contribution in [-0.2, 0) is 21.2 Å². The number of para-hydroxylation sites is 1. The Morgan fingerprint density at radius 1 is 1.06 bits per heavy atom. The van der Waals surface area contributed by atoms with Crippen LogP contribution in [0.2, 0.25) is 0 Å². The number of nitrogens with one attached hydrogen (secondary N) is 1. The largest absolute Gasteiger partial charge is 0.361 e. The predicted molar refractivity (Wildman–Crippen MR) is 132 cm³/mol. The van der Waals surface area contributed by atoms with E-state index in [1.165, 1.54) is 30.3 Å². The molecular formula is C24H26N4O3S2. The van der Waals surface area contributed by atoms with Crippen LogP contribution in [0.15, 0.2) is 64.6 Å². The standard InChI is InChI=1S/C24H26N4O3S2/c25-33(30,31)19-12-10-17(11-13-19)27-24-28(18-6-2-1-3-7-18)23(29)22(32-24)14-16-15-26-21-9-5-4-8-20(16)21/h4-5,8-13,15,18,22,26H,1-3,6-7,14H2,(H2,25,30,31). The molecule has 1 saturated heterocycles. The Hall–Kier alpha value is -2.62. The first-order chi connectivity index (χ1) is 15.9. The number of hydrogen-bond acceptors (Lipinski definition) is 5. The summed E-state index contributed by atoms with van der Waals surface area (Å²) in [5.41, 5.74) is 2.79.